The zero-order valence-electron chi connectivity index (χ0n) is 26.3. The van der Waals surface area contributed by atoms with Crippen molar-refractivity contribution in [3.8, 4) is 5.75 Å². The van der Waals surface area contributed by atoms with Gasteiger partial charge in [0.1, 0.15) is 22.1 Å². The topological polar surface area (TPSA) is 119 Å². The summed E-state index contributed by atoms with van der Waals surface area (Å²) in [5.41, 5.74) is 3.08. The van der Waals surface area contributed by atoms with Crippen LogP contribution in [-0.2, 0) is 20.8 Å². The lowest BCUT2D eigenvalue weighted by atomic mass is 9.85. The number of hydrogen-bond acceptors (Lipinski definition) is 9. The van der Waals surface area contributed by atoms with Crippen LogP contribution in [0.15, 0.2) is 53.6 Å². The summed E-state index contributed by atoms with van der Waals surface area (Å²) >= 11 is 0. The van der Waals surface area contributed by atoms with Gasteiger partial charge in [-0.1, -0.05) is 18.2 Å². The number of fused-ring (bicyclic) bond motifs is 2. The molecule has 6 rings (SSSR count). The summed E-state index contributed by atoms with van der Waals surface area (Å²) in [4.78, 5) is 12.9. The number of aromatic nitrogens is 3. The fourth-order valence-corrected chi connectivity index (χ4v) is 8.11. The normalized spacial score (nSPS) is 18.8. The zero-order valence-corrected chi connectivity index (χ0v) is 27.1. The Labute approximate surface area is 271 Å². The Morgan fingerprint density at radius 2 is 1.87 bits per heavy atom. The van der Waals surface area contributed by atoms with Gasteiger partial charge in [0, 0.05) is 37.6 Å². The Morgan fingerprint density at radius 3 is 2.60 bits per heavy atom. The summed E-state index contributed by atoms with van der Waals surface area (Å²) in [6.07, 6.45) is -0.359. The first-order valence-electron chi connectivity index (χ1n) is 15.4. The number of alkyl halides is 2. The van der Waals surface area contributed by atoms with Gasteiger partial charge >= 0.3 is 5.97 Å². The van der Waals surface area contributed by atoms with Crippen molar-refractivity contribution in [3.63, 3.8) is 0 Å². The highest BCUT2D eigenvalue weighted by molar-refractivity contribution is 8.22. The van der Waals surface area contributed by atoms with Crippen molar-refractivity contribution in [2.75, 3.05) is 26.4 Å². The van der Waals surface area contributed by atoms with Gasteiger partial charge < -0.3 is 14.2 Å². The van der Waals surface area contributed by atoms with Crippen LogP contribution in [0, 0.1) is 19.7 Å². The molecule has 14 heteroatoms. The molecule has 2 aromatic carbocycles. The molecule has 1 unspecified atom stereocenters. The molecule has 0 saturated carbocycles. The summed E-state index contributed by atoms with van der Waals surface area (Å²) in [5, 5.41) is 7.67. The van der Waals surface area contributed by atoms with Crippen LogP contribution >= 0.6 is 10.8 Å². The molecule has 0 amide bonds. The molecule has 4 heterocycles. The molecule has 0 aliphatic carbocycles. The average Bonchev–Trinajstić information content (AvgIpc) is 3.45. The van der Waals surface area contributed by atoms with Crippen molar-refractivity contribution in [1.29, 1.82) is 0 Å². The SMILES string of the molecule is CCOC(=O)CC(c1ccc(C)c(CN2CC3(CCOCC3)Oc3ccc(F)cc3S2(O)O)c1)c1ccn2c(C(F)F)nnc2c1C. The van der Waals surface area contributed by atoms with Crippen molar-refractivity contribution < 1.29 is 41.3 Å². The first-order chi connectivity index (χ1) is 22.4. The lowest BCUT2D eigenvalue weighted by Gasteiger charge is -2.44. The van der Waals surface area contributed by atoms with Gasteiger partial charge in [0.05, 0.1) is 32.8 Å². The standard InChI is InChI=1S/C33H37F3N4O6S/c1-4-45-29(41)17-26(25-9-12-40-31(21(25)3)37-38-32(40)30(35)36)22-6-5-20(2)23(15-22)18-39-19-33(10-13-44-14-11-33)46-27-8-7-24(34)16-28(27)47(39,42)43/h5-9,12,15-16,26,30,42-43H,4,10-11,13-14,17-19H2,1-3H3. The van der Waals surface area contributed by atoms with E-state index < -0.39 is 46.3 Å². The van der Waals surface area contributed by atoms with E-state index in [0.717, 1.165) is 22.8 Å². The van der Waals surface area contributed by atoms with Gasteiger partial charge in [-0.25, -0.2) is 13.2 Å². The van der Waals surface area contributed by atoms with E-state index in [-0.39, 0.29) is 42.4 Å². The molecule has 47 heavy (non-hydrogen) atoms. The Bertz CT molecular complexity index is 1800. The molecule has 2 aliphatic rings. The molecular weight excluding hydrogens is 637 g/mol. The predicted octanol–water partition coefficient (Wildman–Crippen LogP) is 6.98. The van der Waals surface area contributed by atoms with Gasteiger partial charge in [0.25, 0.3) is 6.43 Å². The maximum absolute atomic E-state index is 14.5. The largest absolute Gasteiger partial charge is 0.484 e. The molecule has 2 aromatic heterocycles. The summed E-state index contributed by atoms with van der Waals surface area (Å²) in [5.74, 6) is -1.85. The van der Waals surface area contributed by atoms with Crippen LogP contribution < -0.4 is 4.74 Å². The van der Waals surface area contributed by atoms with E-state index in [1.165, 1.54) is 22.7 Å². The summed E-state index contributed by atoms with van der Waals surface area (Å²) < 4.78 is 85.2. The minimum absolute atomic E-state index is 0.0183. The van der Waals surface area contributed by atoms with Crippen LogP contribution in [0.5, 0.6) is 5.75 Å². The zero-order chi connectivity index (χ0) is 33.5. The number of carbonyl (C=O) groups excluding carboxylic acids is 1. The Balaban J connectivity index is 1.41. The molecule has 1 atom stereocenters. The molecule has 1 spiro atoms. The van der Waals surface area contributed by atoms with E-state index in [1.54, 1.807) is 24.2 Å². The van der Waals surface area contributed by atoms with Gasteiger partial charge in [-0.15, -0.1) is 21.0 Å². The monoisotopic (exact) mass is 674 g/mol. The molecule has 2 aliphatic heterocycles. The highest BCUT2D eigenvalue weighted by Gasteiger charge is 2.45. The number of aryl methyl sites for hydroxylation is 2. The number of hydrogen-bond donors (Lipinski definition) is 2. The second kappa shape index (κ2) is 13.1. The number of halogens is 3. The maximum Gasteiger partial charge on any atom is 0.306 e. The van der Waals surface area contributed by atoms with Crippen LogP contribution in [-0.4, -0.2) is 65.9 Å². The smallest absolute Gasteiger partial charge is 0.306 e. The highest BCUT2D eigenvalue weighted by Crippen LogP contribution is 2.59. The van der Waals surface area contributed by atoms with E-state index >= 15 is 0 Å². The van der Waals surface area contributed by atoms with Crippen molar-refractivity contribution in [2.45, 2.75) is 69.4 Å². The molecule has 252 valence electrons. The molecular formula is C33H37F3N4O6S. The van der Waals surface area contributed by atoms with Gasteiger partial charge in [-0.2, -0.15) is 4.31 Å². The minimum atomic E-state index is -3.71. The van der Waals surface area contributed by atoms with Crippen LogP contribution in [0.2, 0.25) is 0 Å². The van der Waals surface area contributed by atoms with E-state index in [0.29, 0.717) is 37.2 Å². The van der Waals surface area contributed by atoms with Gasteiger partial charge in [-0.3, -0.25) is 18.3 Å². The van der Waals surface area contributed by atoms with Gasteiger partial charge in [-0.05, 0) is 66.8 Å². The molecule has 2 N–H and O–H groups in total. The third-order valence-electron chi connectivity index (χ3n) is 9.02. The summed E-state index contributed by atoms with van der Waals surface area (Å²) in [6, 6.07) is 11.1. The molecule has 0 radical (unpaired) electrons. The van der Waals surface area contributed by atoms with Crippen LogP contribution in [0.3, 0.4) is 0 Å². The third-order valence-corrected chi connectivity index (χ3v) is 10.9. The van der Waals surface area contributed by atoms with Gasteiger partial charge in [0.2, 0.25) is 5.82 Å². The predicted molar refractivity (Wildman–Crippen MR) is 168 cm³/mol. The average molecular weight is 675 g/mol. The fourth-order valence-electron chi connectivity index (χ4n) is 6.45. The maximum atomic E-state index is 14.5. The Hall–Kier alpha value is -3.69. The van der Waals surface area contributed by atoms with Crippen LogP contribution in [0.1, 0.15) is 72.2 Å². The Morgan fingerprint density at radius 1 is 1.11 bits per heavy atom. The number of ether oxygens (including phenoxy) is 3. The quantitative estimate of drug-likeness (QED) is 0.191. The third kappa shape index (κ3) is 6.44. The summed E-state index contributed by atoms with van der Waals surface area (Å²) in [6.45, 7) is 6.65. The van der Waals surface area contributed by atoms with Crippen LogP contribution in [0.25, 0.3) is 5.65 Å². The van der Waals surface area contributed by atoms with E-state index in [4.69, 9.17) is 14.2 Å². The number of esters is 1. The Kier molecular flexibility index (Phi) is 9.24. The molecule has 0 bridgehead atoms. The molecule has 1 saturated heterocycles. The van der Waals surface area contributed by atoms with Crippen LogP contribution in [0.4, 0.5) is 13.2 Å². The van der Waals surface area contributed by atoms with Crippen molar-refractivity contribution in [3.05, 3.63) is 88.1 Å². The number of nitrogens with zero attached hydrogens (tertiary/aromatic N) is 4. The van der Waals surface area contributed by atoms with Crippen molar-refractivity contribution in [1.82, 2.24) is 18.9 Å². The van der Waals surface area contributed by atoms with E-state index in [1.807, 2.05) is 25.1 Å². The lowest BCUT2D eigenvalue weighted by molar-refractivity contribution is -0.143. The van der Waals surface area contributed by atoms with Crippen molar-refractivity contribution >= 4 is 22.4 Å². The molecule has 4 aromatic rings. The number of rotatable bonds is 8. The summed E-state index contributed by atoms with van der Waals surface area (Å²) in [7, 11) is -3.71. The molecule has 1 fully saturated rings. The first-order valence-corrected chi connectivity index (χ1v) is 16.9. The highest BCUT2D eigenvalue weighted by atomic mass is 32.3. The fraction of sp³-hybridized carbons (Fsp3) is 0.424. The number of pyridine rings is 1. The van der Waals surface area contributed by atoms with Crippen molar-refractivity contribution in [2.24, 2.45) is 0 Å². The first kappa shape index (κ1) is 33.2. The van der Waals surface area contributed by atoms with E-state index in [2.05, 4.69) is 10.2 Å². The molecule has 10 nitrogen and oxygen atoms in total. The van der Waals surface area contributed by atoms with E-state index in [9.17, 15) is 27.1 Å². The number of benzene rings is 2. The lowest BCUT2D eigenvalue weighted by Crippen LogP contribution is -2.49. The van der Waals surface area contributed by atoms with Gasteiger partial charge in [0.15, 0.2) is 5.65 Å². The second-order valence-electron chi connectivity index (χ2n) is 12.0. The minimum Gasteiger partial charge on any atom is -0.484 e. The number of carbonyl (C=O) groups is 1. The second-order valence-corrected chi connectivity index (χ2v) is 14.0.